The standard InChI is InChI=1S/C15H22N2O3/c1-19-14-7-3-2-5-12(14)9-17(11-15(16)18)10-13-6-4-8-20-13/h2-3,5,7,13H,4,6,8-11H2,1H3,(H2,16,18)/t13-/m1/s1. The number of hydrogen-bond acceptors (Lipinski definition) is 4. The number of nitrogens with two attached hydrogens (primary N) is 1. The van der Waals surface area contributed by atoms with Crippen LogP contribution in [0.15, 0.2) is 24.3 Å². The van der Waals surface area contributed by atoms with E-state index in [0.717, 1.165) is 37.3 Å². The zero-order valence-corrected chi connectivity index (χ0v) is 11.9. The van der Waals surface area contributed by atoms with Gasteiger partial charge in [0, 0.05) is 25.3 Å². The first-order chi connectivity index (χ1) is 9.69. The Labute approximate surface area is 119 Å². The van der Waals surface area contributed by atoms with E-state index in [-0.39, 0.29) is 18.6 Å². The van der Waals surface area contributed by atoms with Crippen LogP contribution in [0.4, 0.5) is 0 Å². The van der Waals surface area contributed by atoms with Gasteiger partial charge in [-0.15, -0.1) is 0 Å². The van der Waals surface area contributed by atoms with Gasteiger partial charge in [-0.2, -0.15) is 0 Å². The van der Waals surface area contributed by atoms with Gasteiger partial charge in [-0.3, -0.25) is 9.69 Å². The average Bonchev–Trinajstić information content (AvgIpc) is 2.91. The van der Waals surface area contributed by atoms with E-state index < -0.39 is 0 Å². The van der Waals surface area contributed by atoms with E-state index in [4.69, 9.17) is 15.2 Å². The number of nitrogens with zero attached hydrogens (tertiary/aromatic N) is 1. The molecule has 0 bridgehead atoms. The number of rotatable bonds is 7. The van der Waals surface area contributed by atoms with Gasteiger partial charge < -0.3 is 15.2 Å². The highest BCUT2D eigenvalue weighted by molar-refractivity contribution is 5.75. The van der Waals surface area contributed by atoms with Crippen molar-refractivity contribution in [3.63, 3.8) is 0 Å². The predicted molar refractivity (Wildman–Crippen MR) is 76.4 cm³/mol. The van der Waals surface area contributed by atoms with Crippen LogP contribution in [0.3, 0.4) is 0 Å². The molecule has 2 rings (SSSR count). The van der Waals surface area contributed by atoms with E-state index in [1.807, 2.05) is 29.2 Å². The molecule has 1 amide bonds. The molecule has 1 atom stereocenters. The van der Waals surface area contributed by atoms with Crippen molar-refractivity contribution in [3.8, 4) is 5.75 Å². The first-order valence-corrected chi connectivity index (χ1v) is 6.93. The Morgan fingerprint density at radius 1 is 1.50 bits per heavy atom. The number of methoxy groups -OCH3 is 1. The third kappa shape index (κ3) is 4.21. The highest BCUT2D eigenvalue weighted by Crippen LogP contribution is 2.20. The molecule has 0 spiro atoms. The summed E-state index contributed by atoms with van der Waals surface area (Å²) in [5.41, 5.74) is 6.39. The molecule has 1 aromatic rings. The molecular formula is C15H22N2O3. The van der Waals surface area contributed by atoms with Gasteiger partial charge in [0.15, 0.2) is 0 Å². The summed E-state index contributed by atoms with van der Waals surface area (Å²) in [5.74, 6) is 0.507. The van der Waals surface area contributed by atoms with Crippen LogP contribution >= 0.6 is 0 Å². The number of primary amides is 1. The van der Waals surface area contributed by atoms with Crippen molar-refractivity contribution >= 4 is 5.91 Å². The fourth-order valence-corrected chi connectivity index (χ4v) is 2.56. The van der Waals surface area contributed by atoms with Crippen molar-refractivity contribution in [2.75, 3.05) is 26.8 Å². The SMILES string of the molecule is COc1ccccc1CN(CC(N)=O)C[C@H]1CCCO1. The Morgan fingerprint density at radius 3 is 2.95 bits per heavy atom. The minimum absolute atomic E-state index is 0.198. The van der Waals surface area contributed by atoms with Crippen LogP contribution in [0.25, 0.3) is 0 Å². The first kappa shape index (κ1) is 14.8. The highest BCUT2D eigenvalue weighted by atomic mass is 16.5. The van der Waals surface area contributed by atoms with E-state index in [1.54, 1.807) is 7.11 Å². The highest BCUT2D eigenvalue weighted by Gasteiger charge is 2.21. The Kier molecular flexibility index (Phi) is 5.38. The van der Waals surface area contributed by atoms with E-state index in [9.17, 15) is 4.79 Å². The number of carbonyl (C=O) groups is 1. The quantitative estimate of drug-likeness (QED) is 0.813. The second-order valence-corrected chi connectivity index (χ2v) is 5.08. The third-order valence-corrected chi connectivity index (χ3v) is 3.45. The molecule has 2 N–H and O–H groups in total. The number of para-hydroxylation sites is 1. The van der Waals surface area contributed by atoms with Gasteiger partial charge in [-0.05, 0) is 18.9 Å². The van der Waals surface area contributed by atoms with Crippen LogP contribution < -0.4 is 10.5 Å². The lowest BCUT2D eigenvalue weighted by molar-refractivity contribution is -0.119. The summed E-state index contributed by atoms with van der Waals surface area (Å²) in [4.78, 5) is 13.3. The Balaban J connectivity index is 2.03. The number of amides is 1. The van der Waals surface area contributed by atoms with Crippen LogP contribution in [-0.2, 0) is 16.1 Å². The first-order valence-electron chi connectivity index (χ1n) is 6.93. The number of ether oxygens (including phenoxy) is 2. The largest absolute Gasteiger partial charge is 0.496 e. The third-order valence-electron chi connectivity index (χ3n) is 3.45. The van der Waals surface area contributed by atoms with Gasteiger partial charge in [-0.25, -0.2) is 0 Å². The fourth-order valence-electron chi connectivity index (χ4n) is 2.56. The molecule has 1 aliphatic heterocycles. The monoisotopic (exact) mass is 278 g/mol. The maximum Gasteiger partial charge on any atom is 0.231 e. The van der Waals surface area contributed by atoms with Crippen LogP contribution in [0, 0.1) is 0 Å². The summed E-state index contributed by atoms with van der Waals surface area (Å²) in [5, 5.41) is 0. The van der Waals surface area contributed by atoms with Crippen molar-refractivity contribution in [2.45, 2.75) is 25.5 Å². The topological polar surface area (TPSA) is 64.8 Å². The van der Waals surface area contributed by atoms with Crippen molar-refractivity contribution in [3.05, 3.63) is 29.8 Å². The lowest BCUT2D eigenvalue weighted by Gasteiger charge is -2.24. The molecule has 5 nitrogen and oxygen atoms in total. The fraction of sp³-hybridized carbons (Fsp3) is 0.533. The summed E-state index contributed by atoms with van der Waals surface area (Å²) < 4.78 is 11.0. The van der Waals surface area contributed by atoms with Crippen LogP contribution in [0.2, 0.25) is 0 Å². The summed E-state index contributed by atoms with van der Waals surface area (Å²) >= 11 is 0. The van der Waals surface area contributed by atoms with E-state index in [2.05, 4.69) is 0 Å². The molecular weight excluding hydrogens is 256 g/mol. The van der Waals surface area contributed by atoms with Crippen LogP contribution in [0.5, 0.6) is 5.75 Å². The molecule has 1 saturated heterocycles. The molecule has 1 fully saturated rings. The van der Waals surface area contributed by atoms with E-state index in [1.165, 1.54) is 0 Å². The van der Waals surface area contributed by atoms with Gasteiger partial charge in [-0.1, -0.05) is 18.2 Å². The average molecular weight is 278 g/mol. The van der Waals surface area contributed by atoms with Gasteiger partial charge in [0.1, 0.15) is 5.75 Å². The number of carbonyl (C=O) groups excluding carboxylic acids is 1. The number of benzene rings is 1. The molecule has 1 aromatic carbocycles. The maximum atomic E-state index is 11.2. The summed E-state index contributed by atoms with van der Waals surface area (Å²) in [7, 11) is 1.65. The molecule has 0 aromatic heterocycles. The second kappa shape index (κ2) is 7.26. The van der Waals surface area contributed by atoms with Crippen LogP contribution in [0.1, 0.15) is 18.4 Å². The smallest absolute Gasteiger partial charge is 0.231 e. The van der Waals surface area contributed by atoms with Crippen molar-refractivity contribution < 1.29 is 14.3 Å². The minimum atomic E-state index is -0.321. The molecule has 0 aliphatic carbocycles. The van der Waals surface area contributed by atoms with E-state index in [0.29, 0.717) is 6.54 Å². The van der Waals surface area contributed by atoms with E-state index >= 15 is 0 Å². The molecule has 1 aliphatic rings. The van der Waals surface area contributed by atoms with Gasteiger partial charge in [0.25, 0.3) is 0 Å². The molecule has 0 unspecified atom stereocenters. The molecule has 1 heterocycles. The Bertz CT molecular complexity index is 444. The van der Waals surface area contributed by atoms with Crippen LogP contribution in [-0.4, -0.2) is 43.7 Å². The lowest BCUT2D eigenvalue weighted by atomic mass is 10.1. The van der Waals surface area contributed by atoms with Gasteiger partial charge in [0.2, 0.25) is 5.91 Å². The molecule has 5 heteroatoms. The molecule has 20 heavy (non-hydrogen) atoms. The minimum Gasteiger partial charge on any atom is -0.496 e. The lowest BCUT2D eigenvalue weighted by Crippen LogP contribution is -2.38. The predicted octanol–water partition coefficient (Wildman–Crippen LogP) is 1.16. The van der Waals surface area contributed by atoms with Gasteiger partial charge >= 0.3 is 0 Å². The second-order valence-electron chi connectivity index (χ2n) is 5.08. The molecule has 0 saturated carbocycles. The summed E-state index contributed by atoms with van der Waals surface area (Å²) in [6.07, 6.45) is 2.33. The Hall–Kier alpha value is -1.59. The number of hydrogen-bond donors (Lipinski definition) is 1. The zero-order chi connectivity index (χ0) is 14.4. The normalized spacial score (nSPS) is 18.4. The molecule has 0 radical (unpaired) electrons. The summed E-state index contributed by atoms with van der Waals surface area (Å²) in [6.45, 7) is 2.40. The molecule has 110 valence electrons. The maximum absolute atomic E-state index is 11.2. The Morgan fingerprint density at radius 2 is 2.30 bits per heavy atom. The van der Waals surface area contributed by atoms with Crippen molar-refractivity contribution in [1.29, 1.82) is 0 Å². The van der Waals surface area contributed by atoms with Gasteiger partial charge in [0.05, 0.1) is 19.8 Å². The van der Waals surface area contributed by atoms with Crippen molar-refractivity contribution in [1.82, 2.24) is 4.90 Å². The summed E-state index contributed by atoms with van der Waals surface area (Å²) in [6, 6.07) is 7.82. The van der Waals surface area contributed by atoms with Crippen molar-refractivity contribution in [2.24, 2.45) is 5.73 Å². The zero-order valence-electron chi connectivity index (χ0n) is 11.9.